The highest BCUT2D eigenvalue weighted by Gasteiger charge is 2.29. The van der Waals surface area contributed by atoms with Crippen molar-refractivity contribution >= 4 is 5.91 Å². The molecular weight excluding hydrogens is 228 g/mol. The number of nitrogens with one attached hydrogen (secondary N) is 1. The number of carbonyl (C=O) groups is 1. The Morgan fingerprint density at radius 1 is 1.28 bits per heavy atom. The van der Waals surface area contributed by atoms with Crippen molar-refractivity contribution in [3.63, 3.8) is 0 Å². The summed E-state index contributed by atoms with van der Waals surface area (Å²) in [6, 6.07) is 0.527. The average molecular weight is 254 g/mol. The minimum atomic E-state index is 0.264. The molecule has 1 aliphatic carbocycles. The Balaban J connectivity index is 1.61. The Labute approximate surface area is 110 Å². The molecule has 5 heteroatoms. The molecule has 104 valence electrons. The summed E-state index contributed by atoms with van der Waals surface area (Å²) in [6.07, 6.45) is 2.37. The van der Waals surface area contributed by atoms with Crippen LogP contribution in [-0.2, 0) is 4.79 Å². The Bertz CT molecular complexity index is 274. The minimum Gasteiger partial charge on any atom is -0.342 e. The number of amides is 1. The lowest BCUT2D eigenvalue weighted by Gasteiger charge is -2.29. The summed E-state index contributed by atoms with van der Waals surface area (Å²) >= 11 is 0. The standard InChI is InChI=1S/C13H26N4O/c1-15(9-10-17-7-5-14-6-8-17)11-13(18)16(2)12-3-4-12/h12,14H,3-11H2,1-2H3. The molecule has 0 bridgehead atoms. The van der Waals surface area contributed by atoms with Crippen LogP contribution in [0.15, 0.2) is 0 Å². The van der Waals surface area contributed by atoms with Crippen molar-refractivity contribution in [2.45, 2.75) is 18.9 Å². The second-order valence-corrected chi connectivity index (χ2v) is 5.57. The zero-order valence-electron chi connectivity index (χ0n) is 11.7. The van der Waals surface area contributed by atoms with Gasteiger partial charge in [0.2, 0.25) is 5.91 Å². The van der Waals surface area contributed by atoms with Crippen LogP contribution in [0.1, 0.15) is 12.8 Å². The summed E-state index contributed by atoms with van der Waals surface area (Å²) in [5.74, 6) is 0.264. The molecule has 1 N–H and O–H groups in total. The molecule has 0 aromatic heterocycles. The molecule has 1 heterocycles. The number of likely N-dealkylation sites (N-methyl/N-ethyl adjacent to an activating group) is 2. The topological polar surface area (TPSA) is 38.8 Å². The van der Waals surface area contributed by atoms with Gasteiger partial charge >= 0.3 is 0 Å². The Morgan fingerprint density at radius 3 is 2.56 bits per heavy atom. The van der Waals surface area contributed by atoms with Gasteiger partial charge in [-0.25, -0.2) is 0 Å². The minimum absolute atomic E-state index is 0.264. The number of nitrogens with zero attached hydrogens (tertiary/aromatic N) is 3. The van der Waals surface area contributed by atoms with Gasteiger partial charge in [0, 0.05) is 52.4 Å². The van der Waals surface area contributed by atoms with Gasteiger partial charge in [0.05, 0.1) is 6.54 Å². The first-order valence-corrected chi connectivity index (χ1v) is 7.04. The fourth-order valence-electron chi connectivity index (χ4n) is 2.33. The molecule has 18 heavy (non-hydrogen) atoms. The smallest absolute Gasteiger partial charge is 0.236 e. The van der Waals surface area contributed by atoms with Gasteiger partial charge in [-0.3, -0.25) is 14.6 Å². The fourth-order valence-corrected chi connectivity index (χ4v) is 2.33. The van der Waals surface area contributed by atoms with Crippen molar-refractivity contribution in [1.29, 1.82) is 0 Å². The molecule has 2 aliphatic rings. The SMILES string of the molecule is CN(CCN1CCNCC1)CC(=O)N(C)C1CC1. The molecule has 0 spiro atoms. The third kappa shape index (κ3) is 4.23. The van der Waals surface area contributed by atoms with Gasteiger partial charge in [-0.2, -0.15) is 0 Å². The van der Waals surface area contributed by atoms with E-state index in [4.69, 9.17) is 0 Å². The van der Waals surface area contributed by atoms with Crippen molar-refractivity contribution in [2.75, 3.05) is 59.9 Å². The van der Waals surface area contributed by atoms with Crippen LogP contribution in [-0.4, -0.2) is 86.6 Å². The highest BCUT2D eigenvalue weighted by Crippen LogP contribution is 2.25. The first kappa shape index (κ1) is 13.8. The van der Waals surface area contributed by atoms with Crippen molar-refractivity contribution < 1.29 is 4.79 Å². The van der Waals surface area contributed by atoms with Gasteiger partial charge < -0.3 is 10.2 Å². The molecule has 0 aromatic carbocycles. The average Bonchev–Trinajstić information content (AvgIpc) is 3.21. The Hall–Kier alpha value is -0.650. The van der Waals surface area contributed by atoms with Crippen LogP contribution in [0, 0.1) is 0 Å². The highest BCUT2D eigenvalue weighted by atomic mass is 16.2. The van der Waals surface area contributed by atoms with Crippen molar-refractivity contribution in [2.24, 2.45) is 0 Å². The first-order chi connectivity index (χ1) is 8.66. The molecule has 0 atom stereocenters. The van der Waals surface area contributed by atoms with Gasteiger partial charge in [-0.15, -0.1) is 0 Å². The number of rotatable bonds is 6. The molecule has 1 amide bonds. The van der Waals surface area contributed by atoms with Crippen LogP contribution in [0.2, 0.25) is 0 Å². The number of hydrogen-bond donors (Lipinski definition) is 1. The van der Waals surface area contributed by atoms with E-state index in [0.717, 1.165) is 39.3 Å². The maximum absolute atomic E-state index is 11.9. The molecule has 1 aliphatic heterocycles. The van der Waals surface area contributed by atoms with E-state index in [2.05, 4.69) is 15.1 Å². The lowest BCUT2D eigenvalue weighted by molar-refractivity contribution is -0.131. The Morgan fingerprint density at radius 2 is 1.94 bits per heavy atom. The largest absolute Gasteiger partial charge is 0.342 e. The number of carbonyl (C=O) groups excluding carboxylic acids is 1. The van der Waals surface area contributed by atoms with E-state index in [1.165, 1.54) is 12.8 Å². The predicted octanol–water partition coefficient (Wildman–Crippen LogP) is -0.556. The number of hydrogen-bond acceptors (Lipinski definition) is 4. The molecule has 0 radical (unpaired) electrons. The maximum Gasteiger partial charge on any atom is 0.236 e. The van der Waals surface area contributed by atoms with Crippen molar-refractivity contribution in [3.8, 4) is 0 Å². The second-order valence-electron chi connectivity index (χ2n) is 5.57. The van der Waals surface area contributed by atoms with Crippen LogP contribution >= 0.6 is 0 Å². The molecule has 2 rings (SSSR count). The molecular formula is C13H26N4O. The lowest BCUT2D eigenvalue weighted by atomic mass is 10.3. The maximum atomic E-state index is 11.9. The lowest BCUT2D eigenvalue weighted by Crippen LogP contribution is -2.47. The Kier molecular flexibility index (Phi) is 4.97. The second kappa shape index (κ2) is 6.50. The monoisotopic (exact) mass is 254 g/mol. The zero-order valence-corrected chi connectivity index (χ0v) is 11.7. The molecule has 0 aromatic rings. The fraction of sp³-hybridized carbons (Fsp3) is 0.923. The van der Waals surface area contributed by atoms with Crippen LogP contribution in [0.5, 0.6) is 0 Å². The van der Waals surface area contributed by atoms with Crippen molar-refractivity contribution in [1.82, 2.24) is 20.0 Å². The third-order valence-electron chi connectivity index (χ3n) is 3.90. The van der Waals surface area contributed by atoms with E-state index in [0.29, 0.717) is 12.6 Å². The zero-order chi connectivity index (χ0) is 13.0. The molecule has 2 fully saturated rings. The van der Waals surface area contributed by atoms with E-state index in [1.807, 2.05) is 19.0 Å². The quantitative estimate of drug-likeness (QED) is 0.690. The van der Waals surface area contributed by atoms with E-state index in [9.17, 15) is 4.79 Å². The van der Waals surface area contributed by atoms with Crippen LogP contribution in [0.4, 0.5) is 0 Å². The van der Waals surface area contributed by atoms with Crippen LogP contribution in [0.3, 0.4) is 0 Å². The summed E-state index contributed by atoms with van der Waals surface area (Å²) in [5.41, 5.74) is 0. The normalized spacial score (nSPS) is 21.3. The van der Waals surface area contributed by atoms with Gasteiger partial charge in [-0.1, -0.05) is 0 Å². The number of piperazine rings is 1. The van der Waals surface area contributed by atoms with Crippen molar-refractivity contribution in [3.05, 3.63) is 0 Å². The first-order valence-electron chi connectivity index (χ1n) is 7.04. The third-order valence-corrected chi connectivity index (χ3v) is 3.90. The van der Waals surface area contributed by atoms with Gasteiger partial charge in [-0.05, 0) is 19.9 Å². The molecule has 1 saturated heterocycles. The van der Waals surface area contributed by atoms with Crippen LogP contribution < -0.4 is 5.32 Å². The summed E-state index contributed by atoms with van der Waals surface area (Å²) < 4.78 is 0. The van der Waals surface area contributed by atoms with E-state index in [-0.39, 0.29) is 5.91 Å². The molecule has 5 nitrogen and oxygen atoms in total. The predicted molar refractivity (Wildman–Crippen MR) is 72.6 cm³/mol. The van der Waals surface area contributed by atoms with Gasteiger partial charge in [0.15, 0.2) is 0 Å². The van der Waals surface area contributed by atoms with E-state index in [1.54, 1.807) is 0 Å². The summed E-state index contributed by atoms with van der Waals surface area (Å²) in [5, 5.41) is 3.35. The van der Waals surface area contributed by atoms with Crippen LogP contribution in [0.25, 0.3) is 0 Å². The summed E-state index contributed by atoms with van der Waals surface area (Å²) in [7, 11) is 3.98. The highest BCUT2D eigenvalue weighted by molar-refractivity contribution is 5.78. The summed E-state index contributed by atoms with van der Waals surface area (Å²) in [4.78, 5) is 18.5. The van der Waals surface area contributed by atoms with E-state index >= 15 is 0 Å². The van der Waals surface area contributed by atoms with Gasteiger partial charge in [0.25, 0.3) is 0 Å². The van der Waals surface area contributed by atoms with Gasteiger partial charge in [0.1, 0.15) is 0 Å². The summed E-state index contributed by atoms with van der Waals surface area (Å²) in [6.45, 7) is 7.04. The molecule has 0 unspecified atom stereocenters. The van der Waals surface area contributed by atoms with E-state index < -0.39 is 0 Å². The molecule has 1 saturated carbocycles.